The fourth-order valence-corrected chi connectivity index (χ4v) is 6.20. The average Bonchev–Trinajstić information content (AvgIpc) is 3.26. The van der Waals surface area contributed by atoms with E-state index in [9.17, 15) is 9.90 Å². The largest absolute Gasteiger partial charge is 0.478 e. The van der Waals surface area contributed by atoms with Crippen molar-refractivity contribution in [2.45, 2.75) is 39.7 Å². The van der Waals surface area contributed by atoms with Gasteiger partial charge in [-0.05, 0) is 41.4 Å². The number of aromatic nitrogens is 1. The van der Waals surface area contributed by atoms with Crippen LogP contribution in [0.4, 0.5) is 0 Å². The van der Waals surface area contributed by atoms with Gasteiger partial charge in [-0.1, -0.05) is 38.1 Å². The Morgan fingerprint density at radius 2 is 2.11 bits per heavy atom. The molecule has 1 aliphatic rings. The smallest absolute Gasteiger partial charge is 0.337 e. The Balaban J connectivity index is 1.78. The lowest BCUT2D eigenvalue weighted by Gasteiger charge is -2.29. The monoisotopic (exact) mass is 413 g/mol. The van der Waals surface area contributed by atoms with Crippen LogP contribution in [0.1, 0.15) is 46.6 Å². The van der Waals surface area contributed by atoms with Crippen LogP contribution in [0, 0.1) is 5.41 Å². The van der Waals surface area contributed by atoms with E-state index in [1.807, 2.05) is 30.5 Å². The molecular formula is C21H23N3O2S2. The second-order valence-electron chi connectivity index (χ2n) is 7.92. The molecule has 146 valence electrons. The lowest BCUT2D eigenvalue weighted by Crippen LogP contribution is -2.22. The lowest BCUT2D eigenvalue weighted by atomic mass is 9.76. The number of hydrazine groups is 1. The van der Waals surface area contributed by atoms with Crippen LogP contribution in [0.25, 0.3) is 20.3 Å². The molecule has 5 nitrogen and oxygen atoms in total. The van der Waals surface area contributed by atoms with Crippen LogP contribution >= 0.6 is 22.7 Å². The van der Waals surface area contributed by atoms with Crippen LogP contribution in [0.2, 0.25) is 0 Å². The van der Waals surface area contributed by atoms with E-state index in [1.54, 1.807) is 22.7 Å². The Morgan fingerprint density at radius 3 is 2.86 bits per heavy atom. The van der Waals surface area contributed by atoms with Crippen molar-refractivity contribution in [3.05, 3.63) is 52.0 Å². The molecular weight excluding hydrogens is 390 g/mol. The Morgan fingerprint density at radius 1 is 1.32 bits per heavy atom. The van der Waals surface area contributed by atoms with Gasteiger partial charge >= 0.3 is 5.97 Å². The fraction of sp³-hybridized carbons (Fsp3) is 0.333. The quantitative estimate of drug-likeness (QED) is 0.416. The Kier molecular flexibility index (Phi) is 5.09. The first-order chi connectivity index (χ1) is 13.4. The van der Waals surface area contributed by atoms with Crippen LogP contribution < -0.4 is 11.3 Å². The number of benzene rings is 1. The molecule has 0 unspecified atom stereocenters. The number of fused-ring (bicyclic) bond motifs is 1. The van der Waals surface area contributed by atoms with Crippen molar-refractivity contribution in [3.63, 3.8) is 0 Å². The number of carbonyl (C=O) groups is 1. The van der Waals surface area contributed by atoms with Crippen molar-refractivity contribution in [3.8, 4) is 20.3 Å². The third-order valence-electron chi connectivity index (χ3n) is 5.26. The van der Waals surface area contributed by atoms with Gasteiger partial charge < -0.3 is 5.11 Å². The molecule has 2 aromatic heterocycles. The van der Waals surface area contributed by atoms with Gasteiger partial charge in [0.25, 0.3) is 0 Å². The molecule has 0 saturated carbocycles. The third kappa shape index (κ3) is 3.51. The number of aromatic carboxylic acids is 1. The zero-order valence-corrected chi connectivity index (χ0v) is 17.5. The molecule has 7 heteroatoms. The zero-order valence-electron chi connectivity index (χ0n) is 15.9. The van der Waals surface area contributed by atoms with E-state index in [0.29, 0.717) is 12.1 Å². The number of hydrogen-bond acceptors (Lipinski definition) is 6. The summed E-state index contributed by atoms with van der Waals surface area (Å²) in [6, 6.07) is 8.05. The first kappa shape index (κ1) is 19.3. The summed E-state index contributed by atoms with van der Waals surface area (Å²) in [5, 5.41) is 10.7. The maximum Gasteiger partial charge on any atom is 0.337 e. The van der Waals surface area contributed by atoms with Gasteiger partial charge in [0, 0.05) is 17.6 Å². The summed E-state index contributed by atoms with van der Waals surface area (Å²) in [4.78, 5) is 19.7. The second kappa shape index (κ2) is 7.40. The minimum Gasteiger partial charge on any atom is -0.478 e. The van der Waals surface area contributed by atoms with Gasteiger partial charge in [-0.2, -0.15) is 0 Å². The van der Waals surface area contributed by atoms with Gasteiger partial charge in [0.15, 0.2) is 0 Å². The molecule has 0 fully saturated rings. The molecule has 0 amide bonds. The predicted octanol–water partition coefficient (Wildman–Crippen LogP) is 4.72. The van der Waals surface area contributed by atoms with Crippen LogP contribution in [0.15, 0.2) is 30.5 Å². The highest BCUT2D eigenvalue weighted by atomic mass is 32.1. The number of thiophene rings is 1. The van der Waals surface area contributed by atoms with Crippen molar-refractivity contribution in [2.75, 3.05) is 0 Å². The number of thiazole rings is 1. The second-order valence-corrected chi connectivity index (χ2v) is 10.1. The predicted molar refractivity (Wildman–Crippen MR) is 115 cm³/mol. The van der Waals surface area contributed by atoms with Crippen molar-refractivity contribution >= 4 is 28.6 Å². The van der Waals surface area contributed by atoms with Crippen molar-refractivity contribution < 1.29 is 9.90 Å². The molecule has 1 aromatic carbocycles. The molecule has 0 bridgehead atoms. The van der Waals surface area contributed by atoms with Crippen molar-refractivity contribution in [1.82, 2.24) is 10.4 Å². The molecule has 28 heavy (non-hydrogen) atoms. The summed E-state index contributed by atoms with van der Waals surface area (Å²) in [5.74, 6) is 4.66. The molecule has 0 atom stereocenters. The van der Waals surface area contributed by atoms with Gasteiger partial charge in [0.05, 0.1) is 15.3 Å². The summed E-state index contributed by atoms with van der Waals surface area (Å²) in [6.45, 7) is 4.98. The summed E-state index contributed by atoms with van der Waals surface area (Å²) in [6.07, 6.45) is 4.67. The van der Waals surface area contributed by atoms with E-state index in [1.165, 1.54) is 4.88 Å². The molecule has 0 radical (unpaired) electrons. The number of hydrogen-bond donors (Lipinski definition) is 3. The van der Waals surface area contributed by atoms with E-state index in [4.69, 9.17) is 5.84 Å². The van der Waals surface area contributed by atoms with Crippen LogP contribution in [-0.2, 0) is 19.4 Å². The maximum absolute atomic E-state index is 12.1. The Hall–Kier alpha value is -2.06. The van der Waals surface area contributed by atoms with E-state index >= 15 is 0 Å². The van der Waals surface area contributed by atoms with E-state index in [-0.39, 0.29) is 5.41 Å². The Bertz CT molecular complexity index is 1040. The highest BCUT2D eigenvalue weighted by molar-refractivity contribution is 7.23. The summed E-state index contributed by atoms with van der Waals surface area (Å²) in [5.41, 5.74) is 6.46. The molecule has 2 heterocycles. The number of rotatable bonds is 5. The normalized spacial score (nSPS) is 15.4. The molecule has 3 aromatic rings. The zero-order chi connectivity index (χ0) is 19.9. The van der Waals surface area contributed by atoms with Crippen molar-refractivity contribution in [1.29, 1.82) is 0 Å². The number of nitrogens with one attached hydrogen (secondary N) is 1. The van der Waals surface area contributed by atoms with E-state index < -0.39 is 5.97 Å². The van der Waals surface area contributed by atoms with Gasteiger partial charge in [0.2, 0.25) is 0 Å². The highest BCUT2D eigenvalue weighted by Gasteiger charge is 2.33. The summed E-state index contributed by atoms with van der Waals surface area (Å²) >= 11 is 3.14. The van der Waals surface area contributed by atoms with Crippen LogP contribution in [0.3, 0.4) is 0 Å². The molecule has 4 N–H and O–H groups in total. The Labute approximate surface area is 172 Å². The minimum absolute atomic E-state index is 0.137. The van der Waals surface area contributed by atoms with Crippen LogP contribution in [0.5, 0.6) is 0 Å². The minimum atomic E-state index is -0.852. The summed E-state index contributed by atoms with van der Waals surface area (Å²) in [7, 11) is 0. The summed E-state index contributed by atoms with van der Waals surface area (Å²) < 4.78 is 0. The first-order valence-electron chi connectivity index (χ1n) is 9.25. The third-order valence-corrected chi connectivity index (χ3v) is 7.74. The van der Waals surface area contributed by atoms with Gasteiger partial charge in [-0.15, -0.1) is 22.7 Å². The topological polar surface area (TPSA) is 88.2 Å². The SMILES string of the molecule is CC1(C)CCc2sc(-c3ncc(-c4ccccc4CNN)s3)c(C(=O)O)c2C1. The number of aryl methyl sites for hydroxylation is 1. The van der Waals surface area contributed by atoms with E-state index in [0.717, 1.165) is 50.7 Å². The van der Waals surface area contributed by atoms with Gasteiger partial charge in [-0.3, -0.25) is 11.3 Å². The van der Waals surface area contributed by atoms with Gasteiger partial charge in [0.1, 0.15) is 5.01 Å². The first-order valence-corrected chi connectivity index (χ1v) is 10.9. The lowest BCUT2D eigenvalue weighted by molar-refractivity contribution is 0.0696. The highest BCUT2D eigenvalue weighted by Crippen LogP contribution is 2.46. The average molecular weight is 414 g/mol. The fourth-order valence-electron chi connectivity index (χ4n) is 3.83. The van der Waals surface area contributed by atoms with Crippen LogP contribution in [-0.4, -0.2) is 16.1 Å². The molecule has 0 aliphatic heterocycles. The maximum atomic E-state index is 12.1. The molecule has 0 spiro atoms. The number of carboxylic acids is 1. The number of carboxylic acid groups (broad SMARTS) is 1. The number of nitrogens with zero attached hydrogens (tertiary/aromatic N) is 1. The molecule has 1 aliphatic carbocycles. The molecule has 4 rings (SSSR count). The number of nitrogens with two attached hydrogens (primary N) is 1. The van der Waals surface area contributed by atoms with Crippen molar-refractivity contribution in [2.24, 2.45) is 11.3 Å². The molecule has 0 saturated heterocycles. The van der Waals surface area contributed by atoms with Gasteiger partial charge in [-0.25, -0.2) is 9.78 Å². The van der Waals surface area contributed by atoms with E-state index in [2.05, 4.69) is 24.3 Å². The standard InChI is InChI=1S/C21H23N3O2S2/c1-21(2)8-7-15-14(9-21)17(20(25)26)18(27-15)19-23-11-16(28-19)13-6-4-3-5-12(13)10-24-22/h3-6,11,24H,7-10,22H2,1-2H3,(H,25,26).